The molecule has 0 aliphatic rings. The summed E-state index contributed by atoms with van der Waals surface area (Å²) in [5.41, 5.74) is 0.368. The molecule has 0 bridgehead atoms. The minimum absolute atomic E-state index is 0.175. The topological polar surface area (TPSA) is 24.1 Å². The summed E-state index contributed by atoms with van der Waals surface area (Å²) in [6.45, 7) is 15.2. The smallest absolute Gasteiger partial charge is 0.0254 e. The van der Waals surface area contributed by atoms with Crippen molar-refractivity contribution >= 4 is 0 Å². The lowest BCUT2D eigenvalue weighted by Crippen LogP contribution is -2.55. The van der Waals surface area contributed by atoms with Crippen LogP contribution in [-0.2, 0) is 0 Å². The molecular weight excluding hydrogens is 148 g/mol. The summed E-state index contributed by atoms with van der Waals surface area (Å²) < 4.78 is 0. The van der Waals surface area contributed by atoms with Gasteiger partial charge in [-0.15, -0.1) is 0 Å². The second-order valence-corrected chi connectivity index (χ2v) is 5.04. The molecule has 0 aliphatic carbocycles. The van der Waals surface area contributed by atoms with Gasteiger partial charge in [0.15, 0.2) is 0 Å². The van der Waals surface area contributed by atoms with E-state index < -0.39 is 0 Å². The van der Waals surface area contributed by atoms with E-state index in [4.69, 9.17) is 0 Å². The summed E-state index contributed by atoms with van der Waals surface area (Å²) in [5, 5.41) is 6.92. The van der Waals surface area contributed by atoms with Gasteiger partial charge >= 0.3 is 0 Å². The van der Waals surface area contributed by atoms with E-state index in [1.54, 1.807) is 0 Å². The summed E-state index contributed by atoms with van der Waals surface area (Å²) in [6.07, 6.45) is 0. The van der Waals surface area contributed by atoms with Crippen LogP contribution >= 0.6 is 0 Å². The molecule has 2 nitrogen and oxygen atoms in total. The lowest BCUT2D eigenvalue weighted by Gasteiger charge is -2.35. The van der Waals surface area contributed by atoms with E-state index in [0.29, 0.717) is 0 Å². The Morgan fingerprint density at radius 1 is 1.00 bits per heavy atom. The predicted molar refractivity (Wildman–Crippen MR) is 55.5 cm³/mol. The normalized spacial score (nSPS) is 13.5. The number of nitrogens with one attached hydrogen (secondary N) is 2. The van der Waals surface area contributed by atoms with Gasteiger partial charge in [0.05, 0.1) is 0 Å². The van der Waals surface area contributed by atoms with Gasteiger partial charge in [0.25, 0.3) is 0 Å². The molecule has 0 unspecified atom stereocenters. The van der Waals surface area contributed by atoms with Gasteiger partial charge in [-0.05, 0) is 41.2 Å². The van der Waals surface area contributed by atoms with E-state index >= 15 is 0 Å². The van der Waals surface area contributed by atoms with Crippen molar-refractivity contribution in [3.63, 3.8) is 0 Å². The molecule has 0 aromatic rings. The highest BCUT2D eigenvalue weighted by Crippen LogP contribution is 2.08. The summed E-state index contributed by atoms with van der Waals surface area (Å²) in [7, 11) is 0. The average molecular weight is 172 g/mol. The zero-order chi connectivity index (χ0) is 9.83. The Bertz CT molecular complexity index is 122. The van der Waals surface area contributed by atoms with Crippen LogP contribution in [0, 0.1) is 0 Å². The molecule has 0 radical (unpaired) electrons. The molecule has 0 amide bonds. The molecule has 0 saturated heterocycles. The molecule has 0 atom stereocenters. The average Bonchev–Trinajstić information content (AvgIpc) is 1.78. The summed E-state index contributed by atoms with van der Waals surface area (Å²) in [6, 6.07) is 0. The summed E-state index contributed by atoms with van der Waals surface area (Å²) >= 11 is 0. The number of rotatable bonds is 4. The van der Waals surface area contributed by atoms with Crippen LogP contribution in [0.2, 0.25) is 0 Å². The zero-order valence-corrected chi connectivity index (χ0v) is 9.41. The molecule has 2 heteroatoms. The van der Waals surface area contributed by atoms with Gasteiger partial charge in [-0.25, -0.2) is 0 Å². The monoisotopic (exact) mass is 172 g/mol. The Labute approximate surface area is 77.1 Å². The van der Waals surface area contributed by atoms with E-state index in [0.717, 1.165) is 13.1 Å². The standard InChI is InChI=1S/C10H24N2/c1-7-11-8-10(5,6)12-9(2,3)4/h11-12H,7-8H2,1-6H3. The highest BCUT2D eigenvalue weighted by Gasteiger charge is 2.22. The van der Waals surface area contributed by atoms with Crippen molar-refractivity contribution in [2.24, 2.45) is 0 Å². The van der Waals surface area contributed by atoms with E-state index in [9.17, 15) is 0 Å². The predicted octanol–water partition coefficient (Wildman–Crippen LogP) is 1.76. The van der Waals surface area contributed by atoms with E-state index in [-0.39, 0.29) is 11.1 Å². The molecule has 0 rings (SSSR count). The van der Waals surface area contributed by atoms with Gasteiger partial charge in [-0.1, -0.05) is 6.92 Å². The molecule has 0 aliphatic heterocycles. The van der Waals surface area contributed by atoms with Crippen LogP contribution in [-0.4, -0.2) is 24.2 Å². The van der Waals surface area contributed by atoms with E-state index in [1.807, 2.05) is 0 Å². The third-order valence-electron chi connectivity index (χ3n) is 1.53. The van der Waals surface area contributed by atoms with Gasteiger partial charge in [-0.3, -0.25) is 0 Å². The van der Waals surface area contributed by atoms with Crippen LogP contribution in [0.3, 0.4) is 0 Å². The molecule has 0 fully saturated rings. The number of hydrogen-bond acceptors (Lipinski definition) is 2. The van der Waals surface area contributed by atoms with Gasteiger partial charge in [0.1, 0.15) is 0 Å². The highest BCUT2D eigenvalue weighted by molar-refractivity contribution is 4.86. The maximum absolute atomic E-state index is 3.57. The largest absolute Gasteiger partial charge is 0.315 e. The van der Waals surface area contributed by atoms with Crippen molar-refractivity contribution in [3.8, 4) is 0 Å². The van der Waals surface area contributed by atoms with E-state index in [2.05, 4.69) is 52.2 Å². The zero-order valence-electron chi connectivity index (χ0n) is 9.41. The maximum atomic E-state index is 3.57. The molecule has 2 N–H and O–H groups in total. The first-order valence-electron chi connectivity index (χ1n) is 4.77. The number of likely N-dealkylation sites (N-methyl/N-ethyl adjacent to an activating group) is 1. The van der Waals surface area contributed by atoms with E-state index in [1.165, 1.54) is 0 Å². The molecule has 74 valence electrons. The van der Waals surface area contributed by atoms with Gasteiger partial charge in [-0.2, -0.15) is 0 Å². The number of hydrogen-bond donors (Lipinski definition) is 2. The first-order valence-corrected chi connectivity index (χ1v) is 4.77. The maximum Gasteiger partial charge on any atom is 0.0254 e. The first kappa shape index (κ1) is 11.9. The Kier molecular flexibility index (Phi) is 4.21. The first-order chi connectivity index (χ1) is 5.27. The lowest BCUT2D eigenvalue weighted by atomic mass is 9.99. The molecule has 0 aromatic heterocycles. The Morgan fingerprint density at radius 3 is 1.83 bits per heavy atom. The highest BCUT2D eigenvalue weighted by atomic mass is 15.1. The molecule has 0 saturated carbocycles. The molecule has 0 aromatic carbocycles. The Hall–Kier alpha value is -0.0800. The second-order valence-electron chi connectivity index (χ2n) is 5.04. The fourth-order valence-electron chi connectivity index (χ4n) is 1.50. The summed E-state index contributed by atoms with van der Waals surface area (Å²) in [4.78, 5) is 0. The van der Waals surface area contributed by atoms with Gasteiger partial charge < -0.3 is 10.6 Å². The quantitative estimate of drug-likeness (QED) is 0.675. The van der Waals surface area contributed by atoms with Crippen molar-refractivity contribution < 1.29 is 0 Å². The fraction of sp³-hybridized carbons (Fsp3) is 1.00. The molecular formula is C10H24N2. The van der Waals surface area contributed by atoms with Crippen molar-refractivity contribution in [2.45, 2.75) is 52.6 Å². The van der Waals surface area contributed by atoms with Crippen LogP contribution in [0.15, 0.2) is 0 Å². The summed E-state index contributed by atoms with van der Waals surface area (Å²) in [5.74, 6) is 0. The van der Waals surface area contributed by atoms with Crippen LogP contribution in [0.1, 0.15) is 41.5 Å². The molecule has 0 heterocycles. The van der Waals surface area contributed by atoms with Crippen molar-refractivity contribution in [2.75, 3.05) is 13.1 Å². The van der Waals surface area contributed by atoms with Crippen LogP contribution in [0.4, 0.5) is 0 Å². The second kappa shape index (κ2) is 4.24. The Morgan fingerprint density at radius 2 is 1.50 bits per heavy atom. The van der Waals surface area contributed by atoms with Gasteiger partial charge in [0.2, 0.25) is 0 Å². The van der Waals surface area contributed by atoms with Crippen LogP contribution in [0.25, 0.3) is 0 Å². The van der Waals surface area contributed by atoms with Crippen molar-refractivity contribution in [1.82, 2.24) is 10.6 Å². The van der Waals surface area contributed by atoms with Crippen LogP contribution < -0.4 is 10.6 Å². The SMILES string of the molecule is CCNCC(C)(C)NC(C)(C)C. The minimum atomic E-state index is 0.175. The van der Waals surface area contributed by atoms with Crippen molar-refractivity contribution in [3.05, 3.63) is 0 Å². The lowest BCUT2D eigenvalue weighted by molar-refractivity contribution is 0.274. The van der Waals surface area contributed by atoms with Crippen molar-refractivity contribution in [1.29, 1.82) is 0 Å². The molecule has 0 spiro atoms. The minimum Gasteiger partial charge on any atom is -0.315 e. The third kappa shape index (κ3) is 6.62. The fourth-order valence-corrected chi connectivity index (χ4v) is 1.50. The third-order valence-corrected chi connectivity index (χ3v) is 1.53. The molecule has 12 heavy (non-hydrogen) atoms. The van der Waals surface area contributed by atoms with Crippen LogP contribution in [0.5, 0.6) is 0 Å². The Balaban J connectivity index is 3.86. The van der Waals surface area contributed by atoms with Gasteiger partial charge in [0, 0.05) is 17.6 Å².